The Morgan fingerprint density at radius 2 is 1.76 bits per heavy atom. The number of alkyl halides is 3. The predicted molar refractivity (Wildman–Crippen MR) is 57.4 cm³/mol. The first-order chi connectivity index (χ1) is 7.98. The van der Waals surface area contributed by atoms with Gasteiger partial charge >= 0.3 is 6.18 Å². The molecule has 1 fully saturated rings. The predicted octanol–water partition coefficient (Wildman–Crippen LogP) is 1.84. The molecule has 0 aromatic carbocycles. The fourth-order valence-electron chi connectivity index (χ4n) is 2.00. The first kappa shape index (κ1) is 11.9. The molecule has 0 bridgehead atoms. The van der Waals surface area contributed by atoms with Crippen LogP contribution in [-0.2, 0) is 0 Å². The van der Waals surface area contributed by atoms with Crippen molar-refractivity contribution in [3.63, 3.8) is 0 Å². The Labute approximate surface area is 96.7 Å². The highest BCUT2D eigenvalue weighted by Crippen LogP contribution is 2.35. The van der Waals surface area contributed by atoms with Gasteiger partial charge in [0.05, 0.1) is 5.92 Å². The molecule has 7 heteroatoms. The first-order valence-electron chi connectivity index (χ1n) is 5.36. The smallest absolute Gasteiger partial charge is 0.381 e. The quantitative estimate of drug-likeness (QED) is 0.821. The normalized spacial score (nSPS) is 18.4. The van der Waals surface area contributed by atoms with Gasteiger partial charge in [-0.15, -0.1) is 0 Å². The third-order valence-electron chi connectivity index (χ3n) is 2.96. The van der Waals surface area contributed by atoms with Crippen molar-refractivity contribution in [3.05, 3.63) is 12.4 Å². The zero-order valence-electron chi connectivity index (χ0n) is 9.11. The minimum absolute atomic E-state index is 0.0829. The number of hydrogen-bond acceptors (Lipinski definition) is 4. The van der Waals surface area contributed by atoms with Crippen molar-refractivity contribution in [2.24, 2.45) is 5.92 Å². The number of nitrogen functional groups attached to an aromatic ring is 1. The van der Waals surface area contributed by atoms with Crippen LogP contribution >= 0.6 is 0 Å². The molecule has 0 spiro atoms. The van der Waals surface area contributed by atoms with Crippen LogP contribution in [0.5, 0.6) is 0 Å². The average molecular weight is 246 g/mol. The van der Waals surface area contributed by atoms with Gasteiger partial charge in [-0.1, -0.05) is 0 Å². The number of piperidine rings is 1. The lowest BCUT2D eigenvalue weighted by Crippen LogP contribution is -2.39. The molecule has 1 aromatic rings. The Hall–Kier alpha value is -1.53. The third kappa shape index (κ3) is 2.59. The number of nitrogens with two attached hydrogens (primary N) is 1. The van der Waals surface area contributed by atoms with Crippen molar-refractivity contribution in [1.29, 1.82) is 0 Å². The number of hydrogen-bond donors (Lipinski definition) is 1. The average Bonchev–Trinajstić information content (AvgIpc) is 2.29. The Kier molecular flexibility index (Phi) is 3.08. The fraction of sp³-hybridized carbons (Fsp3) is 0.600. The van der Waals surface area contributed by atoms with E-state index in [4.69, 9.17) is 5.73 Å². The summed E-state index contributed by atoms with van der Waals surface area (Å²) < 4.78 is 37.4. The molecular formula is C10H13F3N4. The van der Waals surface area contributed by atoms with E-state index >= 15 is 0 Å². The van der Waals surface area contributed by atoms with Gasteiger partial charge in [0.25, 0.3) is 0 Å². The summed E-state index contributed by atoms with van der Waals surface area (Å²) in [5, 5.41) is 0. The Balaban J connectivity index is 2.03. The highest BCUT2D eigenvalue weighted by atomic mass is 19.4. The molecule has 0 atom stereocenters. The van der Waals surface area contributed by atoms with Gasteiger partial charge in [0, 0.05) is 25.5 Å². The summed E-state index contributed by atoms with van der Waals surface area (Å²) in [6.07, 6.45) is -0.984. The summed E-state index contributed by atoms with van der Waals surface area (Å²) in [5.41, 5.74) is 5.63. The molecule has 17 heavy (non-hydrogen) atoms. The van der Waals surface area contributed by atoms with E-state index in [-0.39, 0.29) is 18.7 Å². The van der Waals surface area contributed by atoms with E-state index in [2.05, 4.69) is 9.97 Å². The maximum absolute atomic E-state index is 12.5. The molecule has 0 amide bonds. The molecule has 1 saturated heterocycles. The van der Waals surface area contributed by atoms with Gasteiger partial charge in [-0.3, -0.25) is 0 Å². The molecule has 1 aliphatic heterocycles. The van der Waals surface area contributed by atoms with Crippen molar-refractivity contribution >= 4 is 11.6 Å². The summed E-state index contributed by atoms with van der Waals surface area (Å²) >= 11 is 0. The van der Waals surface area contributed by atoms with E-state index in [1.807, 2.05) is 0 Å². The summed E-state index contributed by atoms with van der Waals surface area (Å²) in [6, 6.07) is 0. The highest BCUT2D eigenvalue weighted by molar-refractivity contribution is 5.57. The highest BCUT2D eigenvalue weighted by Gasteiger charge is 2.41. The number of rotatable bonds is 1. The topological polar surface area (TPSA) is 55.0 Å². The Morgan fingerprint density at radius 1 is 1.18 bits per heavy atom. The van der Waals surface area contributed by atoms with Crippen molar-refractivity contribution < 1.29 is 13.2 Å². The van der Waals surface area contributed by atoms with Gasteiger partial charge in [0.1, 0.15) is 0 Å². The first-order valence-corrected chi connectivity index (χ1v) is 5.36. The Bertz CT molecular complexity index is 385. The summed E-state index contributed by atoms with van der Waals surface area (Å²) in [7, 11) is 0. The van der Waals surface area contributed by atoms with Crippen molar-refractivity contribution in [1.82, 2.24) is 9.97 Å². The molecule has 4 nitrogen and oxygen atoms in total. The van der Waals surface area contributed by atoms with E-state index < -0.39 is 12.1 Å². The zero-order valence-corrected chi connectivity index (χ0v) is 9.11. The molecule has 2 heterocycles. The summed E-state index contributed by atoms with van der Waals surface area (Å²) in [5.74, 6) is -0.470. The lowest BCUT2D eigenvalue weighted by Gasteiger charge is -2.33. The van der Waals surface area contributed by atoms with Crippen molar-refractivity contribution in [2.75, 3.05) is 23.7 Å². The molecule has 0 radical (unpaired) electrons. The largest absolute Gasteiger partial charge is 0.391 e. The molecule has 0 aliphatic carbocycles. The maximum atomic E-state index is 12.5. The van der Waals surface area contributed by atoms with E-state index in [0.29, 0.717) is 18.9 Å². The Morgan fingerprint density at radius 3 is 2.29 bits per heavy atom. The second kappa shape index (κ2) is 4.38. The van der Waals surface area contributed by atoms with Gasteiger partial charge < -0.3 is 10.6 Å². The number of anilines is 2. The van der Waals surface area contributed by atoms with Crippen LogP contribution in [0.15, 0.2) is 12.4 Å². The second-order valence-corrected chi connectivity index (χ2v) is 4.07. The van der Waals surface area contributed by atoms with E-state index in [0.717, 1.165) is 0 Å². The summed E-state index contributed by atoms with van der Waals surface area (Å²) in [6.45, 7) is 0.625. The zero-order chi connectivity index (χ0) is 12.5. The van der Waals surface area contributed by atoms with Crippen LogP contribution in [0.1, 0.15) is 12.8 Å². The second-order valence-electron chi connectivity index (χ2n) is 4.07. The van der Waals surface area contributed by atoms with Crippen LogP contribution in [0.4, 0.5) is 24.8 Å². The number of nitrogens with zero attached hydrogens (tertiary/aromatic N) is 3. The van der Waals surface area contributed by atoms with Crippen LogP contribution in [0.2, 0.25) is 0 Å². The number of halogens is 3. The van der Waals surface area contributed by atoms with E-state index in [1.54, 1.807) is 4.90 Å². The molecule has 2 rings (SSSR count). The van der Waals surface area contributed by atoms with Crippen LogP contribution in [0.3, 0.4) is 0 Å². The standard InChI is InChI=1S/C10H13F3N4/c11-10(12,13)7-1-5-17(6-2-7)9-8(14)15-3-4-16-9/h3-4,7H,1-2,5-6H2,(H2,14,15). The molecule has 0 unspecified atom stereocenters. The van der Waals surface area contributed by atoms with Gasteiger partial charge in [-0.25, -0.2) is 9.97 Å². The van der Waals surface area contributed by atoms with Gasteiger partial charge in [-0.05, 0) is 12.8 Å². The van der Waals surface area contributed by atoms with Crippen LogP contribution in [0.25, 0.3) is 0 Å². The molecule has 1 aromatic heterocycles. The van der Waals surface area contributed by atoms with Crippen molar-refractivity contribution in [2.45, 2.75) is 19.0 Å². The lowest BCUT2D eigenvalue weighted by atomic mass is 9.96. The van der Waals surface area contributed by atoms with Crippen molar-refractivity contribution in [3.8, 4) is 0 Å². The third-order valence-corrected chi connectivity index (χ3v) is 2.96. The molecule has 1 aliphatic rings. The van der Waals surface area contributed by atoms with Gasteiger partial charge in [0.2, 0.25) is 0 Å². The van der Waals surface area contributed by atoms with Crippen LogP contribution in [-0.4, -0.2) is 29.2 Å². The van der Waals surface area contributed by atoms with E-state index in [9.17, 15) is 13.2 Å². The van der Waals surface area contributed by atoms with Crippen LogP contribution in [0, 0.1) is 5.92 Å². The van der Waals surface area contributed by atoms with Gasteiger partial charge in [0.15, 0.2) is 11.6 Å². The molecule has 2 N–H and O–H groups in total. The van der Waals surface area contributed by atoms with Gasteiger partial charge in [-0.2, -0.15) is 13.2 Å². The molecular weight excluding hydrogens is 233 g/mol. The summed E-state index contributed by atoms with van der Waals surface area (Å²) in [4.78, 5) is 9.67. The maximum Gasteiger partial charge on any atom is 0.391 e. The van der Waals surface area contributed by atoms with E-state index in [1.165, 1.54) is 12.4 Å². The molecule has 94 valence electrons. The minimum atomic E-state index is -4.10. The SMILES string of the molecule is Nc1nccnc1N1CCC(C(F)(F)F)CC1. The minimum Gasteiger partial charge on any atom is -0.381 e. The monoisotopic (exact) mass is 246 g/mol. The molecule has 0 saturated carbocycles. The van der Waals surface area contributed by atoms with Crippen LogP contribution < -0.4 is 10.6 Å². The number of aromatic nitrogens is 2. The fourth-order valence-corrected chi connectivity index (χ4v) is 2.00. The lowest BCUT2D eigenvalue weighted by molar-refractivity contribution is -0.179.